The lowest BCUT2D eigenvalue weighted by Crippen LogP contribution is -2.42. The van der Waals surface area contributed by atoms with Gasteiger partial charge in [-0.1, -0.05) is 6.42 Å². The molecular weight excluding hydrogens is 406 g/mol. The van der Waals surface area contributed by atoms with Crippen LogP contribution in [0.3, 0.4) is 0 Å². The molecule has 1 saturated carbocycles. The van der Waals surface area contributed by atoms with Gasteiger partial charge in [0.15, 0.2) is 5.96 Å². The van der Waals surface area contributed by atoms with Crippen LogP contribution >= 0.6 is 24.0 Å². The fraction of sp³-hybridized carbons (Fsp3) is 0.529. The molecule has 1 saturated heterocycles. The normalized spacial score (nSPS) is 19.0. The van der Waals surface area contributed by atoms with E-state index >= 15 is 0 Å². The third-order valence-electron chi connectivity index (χ3n) is 4.98. The molecule has 6 heteroatoms. The van der Waals surface area contributed by atoms with Crippen molar-refractivity contribution in [1.82, 2.24) is 10.2 Å². The molecule has 0 radical (unpaired) electrons. The molecule has 0 bridgehead atoms. The summed E-state index contributed by atoms with van der Waals surface area (Å²) < 4.78 is 13.8. The summed E-state index contributed by atoms with van der Waals surface area (Å²) in [7, 11) is 1.76. The zero-order valence-corrected chi connectivity index (χ0v) is 15.6. The summed E-state index contributed by atoms with van der Waals surface area (Å²) in [5.74, 6) is 0.532. The topological polar surface area (TPSA) is 51.4 Å². The average molecular weight is 428 g/mol. The molecule has 4 nitrogen and oxygen atoms in total. The van der Waals surface area contributed by atoms with Gasteiger partial charge in [0.2, 0.25) is 0 Å². The van der Waals surface area contributed by atoms with Gasteiger partial charge >= 0.3 is 0 Å². The standard InChI is InChI=1S/C17H21FN4.HI/c1-20-16(22-8-7-17(12-22)5-2-6-17)21-11-14-9-13(10-19)3-4-15(14)18;/h3-4,9H,2,5-8,11-12H2,1H3,(H,20,21);1H. The van der Waals surface area contributed by atoms with E-state index in [0.717, 1.165) is 19.0 Å². The van der Waals surface area contributed by atoms with Crippen molar-refractivity contribution in [1.29, 1.82) is 5.26 Å². The maximum absolute atomic E-state index is 13.8. The van der Waals surface area contributed by atoms with Crippen molar-refractivity contribution in [3.05, 3.63) is 35.1 Å². The van der Waals surface area contributed by atoms with E-state index in [2.05, 4.69) is 15.2 Å². The van der Waals surface area contributed by atoms with Gasteiger partial charge in [-0.15, -0.1) is 24.0 Å². The summed E-state index contributed by atoms with van der Waals surface area (Å²) in [6.07, 6.45) is 5.21. The smallest absolute Gasteiger partial charge is 0.193 e. The molecule has 23 heavy (non-hydrogen) atoms. The third kappa shape index (κ3) is 3.77. The van der Waals surface area contributed by atoms with E-state index in [4.69, 9.17) is 5.26 Å². The van der Waals surface area contributed by atoms with Gasteiger partial charge in [0.1, 0.15) is 5.82 Å². The van der Waals surface area contributed by atoms with Crippen LogP contribution in [0.15, 0.2) is 23.2 Å². The van der Waals surface area contributed by atoms with Gasteiger partial charge in [-0.2, -0.15) is 5.26 Å². The Morgan fingerprint density at radius 1 is 1.43 bits per heavy atom. The molecule has 0 atom stereocenters. The van der Waals surface area contributed by atoms with E-state index in [0.29, 0.717) is 23.1 Å². The van der Waals surface area contributed by atoms with Gasteiger partial charge in [-0.25, -0.2) is 4.39 Å². The number of guanidine groups is 1. The summed E-state index contributed by atoms with van der Waals surface area (Å²) in [5.41, 5.74) is 1.48. The largest absolute Gasteiger partial charge is 0.352 e. The molecule has 3 rings (SSSR count). The van der Waals surface area contributed by atoms with Crippen LogP contribution in [-0.2, 0) is 6.54 Å². The Hall–Kier alpha value is -1.36. The van der Waals surface area contributed by atoms with Crippen molar-refractivity contribution in [2.24, 2.45) is 10.4 Å². The zero-order chi connectivity index (χ0) is 15.6. The molecule has 2 fully saturated rings. The van der Waals surface area contributed by atoms with Crippen molar-refractivity contribution in [3.63, 3.8) is 0 Å². The lowest BCUT2D eigenvalue weighted by Gasteiger charge is -2.38. The highest BCUT2D eigenvalue weighted by atomic mass is 127. The zero-order valence-electron chi connectivity index (χ0n) is 13.3. The number of nitriles is 1. The molecule has 1 N–H and O–H groups in total. The molecule has 0 amide bonds. The van der Waals surface area contributed by atoms with Gasteiger partial charge < -0.3 is 10.2 Å². The van der Waals surface area contributed by atoms with Crippen molar-refractivity contribution < 1.29 is 4.39 Å². The number of hydrogen-bond acceptors (Lipinski definition) is 2. The second-order valence-corrected chi connectivity index (χ2v) is 6.34. The Morgan fingerprint density at radius 2 is 2.22 bits per heavy atom. The Balaban J connectivity index is 0.00000192. The fourth-order valence-electron chi connectivity index (χ4n) is 3.49. The molecular formula is C17H22FIN4. The van der Waals surface area contributed by atoms with E-state index in [9.17, 15) is 4.39 Å². The Kier molecular flexibility index (Phi) is 5.84. The Bertz CT molecular complexity index is 634. The van der Waals surface area contributed by atoms with Crippen LogP contribution in [0.4, 0.5) is 4.39 Å². The van der Waals surface area contributed by atoms with Gasteiger partial charge in [0, 0.05) is 32.2 Å². The van der Waals surface area contributed by atoms with E-state index in [-0.39, 0.29) is 29.8 Å². The molecule has 2 aliphatic rings. The monoisotopic (exact) mass is 428 g/mol. The summed E-state index contributed by atoms with van der Waals surface area (Å²) in [6.45, 7) is 2.41. The van der Waals surface area contributed by atoms with Crippen LogP contribution in [0.1, 0.15) is 36.8 Å². The number of nitrogens with one attached hydrogen (secondary N) is 1. The molecule has 0 aromatic heterocycles. The van der Waals surface area contributed by atoms with E-state index in [1.54, 1.807) is 13.1 Å². The minimum atomic E-state index is -0.293. The van der Waals surface area contributed by atoms with Crippen LogP contribution < -0.4 is 5.32 Å². The minimum Gasteiger partial charge on any atom is -0.352 e. The molecule has 1 aliphatic heterocycles. The SMILES string of the molecule is CN=C(NCc1cc(C#N)ccc1F)N1CCC2(CCC2)C1.I. The first-order valence-corrected chi connectivity index (χ1v) is 7.80. The quantitative estimate of drug-likeness (QED) is 0.447. The second kappa shape index (κ2) is 7.47. The van der Waals surface area contributed by atoms with Crippen LogP contribution in [0.25, 0.3) is 0 Å². The van der Waals surface area contributed by atoms with Crippen molar-refractivity contribution in [2.75, 3.05) is 20.1 Å². The molecule has 1 aliphatic carbocycles. The maximum Gasteiger partial charge on any atom is 0.193 e. The molecule has 1 heterocycles. The first-order chi connectivity index (χ1) is 10.7. The number of nitrogens with zero attached hydrogens (tertiary/aromatic N) is 3. The maximum atomic E-state index is 13.8. The van der Waals surface area contributed by atoms with Crippen molar-refractivity contribution in [2.45, 2.75) is 32.2 Å². The number of likely N-dealkylation sites (tertiary alicyclic amines) is 1. The predicted molar refractivity (Wildman–Crippen MR) is 99.2 cm³/mol. The van der Waals surface area contributed by atoms with Crippen LogP contribution in [0, 0.1) is 22.6 Å². The summed E-state index contributed by atoms with van der Waals surface area (Å²) in [5, 5.41) is 12.1. The Morgan fingerprint density at radius 3 is 2.78 bits per heavy atom. The molecule has 1 spiro atoms. The highest BCUT2D eigenvalue weighted by Crippen LogP contribution is 2.47. The molecule has 1 aromatic carbocycles. The predicted octanol–water partition coefficient (Wildman–Crippen LogP) is 3.27. The van der Waals surface area contributed by atoms with Crippen LogP contribution in [-0.4, -0.2) is 31.0 Å². The molecule has 1 aromatic rings. The average Bonchev–Trinajstić information content (AvgIpc) is 2.95. The number of hydrogen-bond donors (Lipinski definition) is 1. The first-order valence-electron chi connectivity index (χ1n) is 7.80. The summed E-state index contributed by atoms with van der Waals surface area (Å²) >= 11 is 0. The van der Waals surface area contributed by atoms with Crippen molar-refractivity contribution in [3.8, 4) is 6.07 Å². The number of aliphatic imine (C=N–C) groups is 1. The number of rotatable bonds is 2. The van der Waals surface area contributed by atoms with Gasteiger partial charge in [0.05, 0.1) is 11.6 Å². The van der Waals surface area contributed by atoms with E-state index in [1.807, 2.05) is 6.07 Å². The number of halogens is 2. The first kappa shape index (κ1) is 18.0. The second-order valence-electron chi connectivity index (χ2n) is 6.34. The van der Waals surface area contributed by atoms with Crippen molar-refractivity contribution >= 4 is 29.9 Å². The lowest BCUT2D eigenvalue weighted by molar-refractivity contribution is 0.151. The van der Waals surface area contributed by atoms with E-state index in [1.165, 1.54) is 37.8 Å². The van der Waals surface area contributed by atoms with E-state index < -0.39 is 0 Å². The minimum absolute atomic E-state index is 0. The summed E-state index contributed by atoms with van der Waals surface area (Å²) in [4.78, 5) is 6.59. The van der Waals surface area contributed by atoms with Gasteiger partial charge in [0.25, 0.3) is 0 Å². The highest BCUT2D eigenvalue weighted by molar-refractivity contribution is 14.0. The van der Waals surface area contributed by atoms with Gasteiger partial charge in [-0.05, 0) is 42.9 Å². The van der Waals surface area contributed by atoms with Crippen LogP contribution in [0.5, 0.6) is 0 Å². The fourth-order valence-corrected chi connectivity index (χ4v) is 3.49. The molecule has 0 unspecified atom stereocenters. The number of benzene rings is 1. The third-order valence-corrected chi connectivity index (χ3v) is 4.98. The summed E-state index contributed by atoms with van der Waals surface area (Å²) in [6, 6.07) is 6.47. The van der Waals surface area contributed by atoms with Gasteiger partial charge in [-0.3, -0.25) is 4.99 Å². The lowest BCUT2D eigenvalue weighted by atomic mass is 9.68. The highest BCUT2D eigenvalue weighted by Gasteiger charge is 2.43. The molecule has 124 valence electrons. The van der Waals surface area contributed by atoms with Crippen LogP contribution in [0.2, 0.25) is 0 Å². The Labute approximate surface area is 153 Å².